The maximum atomic E-state index is 13.4. The molecule has 4 rings (SSSR count). The summed E-state index contributed by atoms with van der Waals surface area (Å²) in [5, 5.41) is 5.03. The highest BCUT2D eigenvalue weighted by atomic mass is 32.2. The van der Waals surface area contributed by atoms with Crippen molar-refractivity contribution in [1.82, 2.24) is 9.62 Å². The van der Waals surface area contributed by atoms with Crippen LogP contribution in [0.25, 0.3) is 0 Å². The highest BCUT2D eigenvalue weighted by molar-refractivity contribution is 7.89. The molecule has 1 aliphatic heterocycles. The zero-order valence-corrected chi connectivity index (χ0v) is 19.3. The molecular formula is C24H25FN2O3S2. The number of aryl methyl sites for hydroxylation is 1. The lowest BCUT2D eigenvalue weighted by atomic mass is 9.96. The van der Waals surface area contributed by atoms with Crippen molar-refractivity contribution in [2.45, 2.75) is 30.7 Å². The first kappa shape index (κ1) is 22.6. The van der Waals surface area contributed by atoms with Gasteiger partial charge in [-0.15, -0.1) is 11.3 Å². The molecule has 1 aromatic heterocycles. The van der Waals surface area contributed by atoms with Gasteiger partial charge in [0, 0.05) is 23.9 Å². The van der Waals surface area contributed by atoms with Crippen molar-refractivity contribution in [3.8, 4) is 0 Å². The number of hydrogen-bond acceptors (Lipinski definition) is 4. The lowest BCUT2D eigenvalue weighted by Crippen LogP contribution is -2.43. The first-order chi connectivity index (χ1) is 15.3. The van der Waals surface area contributed by atoms with E-state index in [2.05, 4.69) is 5.32 Å². The topological polar surface area (TPSA) is 66.5 Å². The number of amides is 1. The second-order valence-electron chi connectivity index (χ2n) is 8.00. The van der Waals surface area contributed by atoms with Gasteiger partial charge in [0.1, 0.15) is 5.82 Å². The summed E-state index contributed by atoms with van der Waals surface area (Å²) in [5.74, 6) is -0.713. The fourth-order valence-electron chi connectivity index (χ4n) is 3.91. The van der Waals surface area contributed by atoms with Crippen LogP contribution >= 0.6 is 11.3 Å². The third-order valence-corrected chi connectivity index (χ3v) is 8.65. The van der Waals surface area contributed by atoms with Crippen molar-refractivity contribution >= 4 is 27.3 Å². The van der Waals surface area contributed by atoms with Crippen LogP contribution in [0.5, 0.6) is 0 Å². The van der Waals surface area contributed by atoms with Crippen LogP contribution < -0.4 is 5.32 Å². The van der Waals surface area contributed by atoms with E-state index in [0.717, 1.165) is 16.0 Å². The average molecular weight is 473 g/mol. The second-order valence-corrected chi connectivity index (χ2v) is 10.9. The van der Waals surface area contributed by atoms with Gasteiger partial charge in [-0.05, 0) is 61.0 Å². The number of nitrogens with zero attached hydrogens (tertiary/aromatic N) is 1. The highest BCUT2D eigenvalue weighted by Crippen LogP contribution is 2.29. The normalized spacial score (nSPS) is 16.6. The minimum Gasteiger partial charge on any atom is -0.344 e. The Bertz CT molecular complexity index is 1150. The van der Waals surface area contributed by atoms with Crippen LogP contribution in [-0.4, -0.2) is 31.7 Å². The van der Waals surface area contributed by atoms with Gasteiger partial charge in [0.25, 0.3) is 0 Å². The minimum absolute atomic E-state index is 0.111. The molecule has 8 heteroatoms. The molecule has 5 nitrogen and oxygen atoms in total. The Labute approximate surface area is 191 Å². The van der Waals surface area contributed by atoms with E-state index in [-0.39, 0.29) is 28.6 Å². The number of nitrogens with one attached hydrogen (secondary N) is 1. The molecule has 0 aliphatic carbocycles. The number of sulfonamides is 1. The van der Waals surface area contributed by atoms with Crippen molar-refractivity contribution in [3.63, 3.8) is 0 Å². The number of carbonyl (C=O) groups excluding carboxylic acids is 1. The molecular weight excluding hydrogens is 447 g/mol. The molecule has 3 aromatic rings. The number of benzene rings is 2. The Morgan fingerprint density at radius 2 is 1.72 bits per heavy atom. The van der Waals surface area contributed by atoms with Crippen LogP contribution in [0.15, 0.2) is 70.9 Å². The molecule has 0 unspecified atom stereocenters. The SMILES string of the molecule is Cc1ccc(S(=O)(=O)N2CCC(C(=O)N[C@H](c3ccc(F)cc3)c3cccs3)CC2)cc1. The summed E-state index contributed by atoms with van der Waals surface area (Å²) in [4.78, 5) is 14.3. The summed E-state index contributed by atoms with van der Waals surface area (Å²) < 4.78 is 40.7. The van der Waals surface area contributed by atoms with Crippen LogP contribution in [0, 0.1) is 18.7 Å². The Hall–Kier alpha value is -2.55. The fourth-order valence-corrected chi connectivity index (χ4v) is 6.18. The van der Waals surface area contributed by atoms with Crippen LogP contribution in [0.4, 0.5) is 4.39 Å². The molecule has 1 N–H and O–H groups in total. The number of hydrogen-bond donors (Lipinski definition) is 1. The number of halogens is 1. The fraction of sp³-hybridized carbons (Fsp3) is 0.292. The zero-order chi connectivity index (χ0) is 22.7. The van der Waals surface area contributed by atoms with Crippen molar-refractivity contribution in [3.05, 3.63) is 87.9 Å². The number of rotatable bonds is 6. The molecule has 2 aromatic carbocycles. The van der Waals surface area contributed by atoms with E-state index in [1.807, 2.05) is 24.4 Å². The maximum absolute atomic E-state index is 13.4. The summed E-state index contributed by atoms with van der Waals surface area (Å²) >= 11 is 1.53. The van der Waals surface area contributed by atoms with E-state index in [1.54, 1.807) is 36.4 Å². The molecule has 0 bridgehead atoms. The Balaban J connectivity index is 1.43. The van der Waals surface area contributed by atoms with E-state index in [1.165, 1.54) is 27.8 Å². The van der Waals surface area contributed by atoms with E-state index >= 15 is 0 Å². The first-order valence-electron chi connectivity index (χ1n) is 10.5. The molecule has 1 aliphatic rings. The number of piperidine rings is 1. The number of thiophene rings is 1. The van der Waals surface area contributed by atoms with Crippen LogP contribution in [0.3, 0.4) is 0 Å². The first-order valence-corrected chi connectivity index (χ1v) is 12.8. The maximum Gasteiger partial charge on any atom is 0.243 e. The van der Waals surface area contributed by atoms with Gasteiger partial charge in [0.05, 0.1) is 10.9 Å². The van der Waals surface area contributed by atoms with Gasteiger partial charge in [-0.2, -0.15) is 4.31 Å². The third-order valence-electron chi connectivity index (χ3n) is 5.80. The van der Waals surface area contributed by atoms with Gasteiger partial charge in [0.15, 0.2) is 0 Å². The number of carbonyl (C=O) groups is 1. The molecule has 1 amide bonds. The molecule has 1 fully saturated rings. The molecule has 2 heterocycles. The van der Waals surface area contributed by atoms with Crippen LogP contribution in [0.2, 0.25) is 0 Å². The van der Waals surface area contributed by atoms with E-state index < -0.39 is 10.0 Å². The molecule has 1 atom stereocenters. The summed E-state index contributed by atoms with van der Waals surface area (Å²) in [6.07, 6.45) is 0.912. The van der Waals surface area contributed by atoms with Gasteiger partial charge in [0.2, 0.25) is 15.9 Å². The van der Waals surface area contributed by atoms with Crippen LogP contribution in [-0.2, 0) is 14.8 Å². The van der Waals surface area contributed by atoms with Gasteiger partial charge in [-0.1, -0.05) is 35.9 Å². The summed E-state index contributed by atoms with van der Waals surface area (Å²) in [5.41, 5.74) is 1.81. The summed E-state index contributed by atoms with van der Waals surface area (Å²) in [7, 11) is -3.57. The van der Waals surface area contributed by atoms with E-state index in [9.17, 15) is 17.6 Å². The molecule has 0 radical (unpaired) electrons. The van der Waals surface area contributed by atoms with E-state index in [0.29, 0.717) is 25.9 Å². The Morgan fingerprint density at radius 3 is 2.31 bits per heavy atom. The lowest BCUT2D eigenvalue weighted by molar-refractivity contribution is -0.126. The molecule has 0 saturated carbocycles. The quantitative estimate of drug-likeness (QED) is 0.574. The zero-order valence-electron chi connectivity index (χ0n) is 17.7. The largest absolute Gasteiger partial charge is 0.344 e. The molecule has 1 saturated heterocycles. The minimum atomic E-state index is -3.57. The van der Waals surface area contributed by atoms with Crippen LogP contribution in [0.1, 0.15) is 34.9 Å². The standard InChI is InChI=1S/C24H25FN2O3S2/c1-17-4-10-21(11-5-17)32(29,30)27-14-12-19(13-15-27)24(28)26-23(22-3-2-16-31-22)18-6-8-20(25)9-7-18/h2-11,16,19,23H,12-15H2,1H3,(H,26,28)/t23-/m1/s1. The van der Waals surface area contributed by atoms with Crippen molar-refractivity contribution < 1.29 is 17.6 Å². The molecule has 0 spiro atoms. The summed E-state index contributed by atoms with van der Waals surface area (Å²) in [6.45, 7) is 2.51. The van der Waals surface area contributed by atoms with Gasteiger partial charge in [-0.25, -0.2) is 12.8 Å². The predicted molar refractivity (Wildman–Crippen MR) is 123 cm³/mol. The smallest absolute Gasteiger partial charge is 0.243 e. The average Bonchev–Trinajstić information content (AvgIpc) is 3.33. The lowest BCUT2D eigenvalue weighted by Gasteiger charge is -2.31. The van der Waals surface area contributed by atoms with Gasteiger partial charge in [-0.3, -0.25) is 4.79 Å². The van der Waals surface area contributed by atoms with Gasteiger partial charge < -0.3 is 5.32 Å². The Kier molecular flexibility index (Phi) is 6.74. The van der Waals surface area contributed by atoms with Crippen molar-refractivity contribution in [2.24, 2.45) is 5.92 Å². The third kappa shape index (κ3) is 4.92. The van der Waals surface area contributed by atoms with E-state index in [4.69, 9.17) is 0 Å². The Morgan fingerprint density at radius 1 is 1.06 bits per heavy atom. The van der Waals surface area contributed by atoms with Crippen molar-refractivity contribution in [2.75, 3.05) is 13.1 Å². The summed E-state index contributed by atoms with van der Waals surface area (Å²) in [6, 6.07) is 16.4. The molecule has 168 valence electrons. The van der Waals surface area contributed by atoms with Gasteiger partial charge >= 0.3 is 0 Å². The predicted octanol–water partition coefficient (Wildman–Crippen LogP) is 4.50. The van der Waals surface area contributed by atoms with Crippen molar-refractivity contribution in [1.29, 1.82) is 0 Å². The second kappa shape index (κ2) is 9.52. The molecule has 32 heavy (non-hydrogen) atoms. The monoisotopic (exact) mass is 472 g/mol. The highest BCUT2D eigenvalue weighted by Gasteiger charge is 2.33.